The third-order valence-electron chi connectivity index (χ3n) is 1.50. The van der Waals surface area contributed by atoms with Gasteiger partial charge in [-0.05, 0) is 32.9 Å². The Balaban J connectivity index is 2.78. The van der Waals surface area contributed by atoms with Gasteiger partial charge in [-0.25, -0.2) is 4.98 Å². The molecule has 72 valence electrons. The Bertz CT molecular complexity index is 261. The zero-order valence-corrected chi connectivity index (χ0v) is 8.37. The molecule has 0 atom stereocenters. The van der Waals surface area contributed by atoms with Gasteiger partial charge in [0.2, 0.25) is 0 Å². The highest BCUT2D eigenvalue weighted by Crippen LogP contribution is 2.21. The van der Waals surface area contributed by atoms with Crippen LogP contribution < -0.4 is 10.1 Å². The van der Waals surface area contributed by atoms with Gasteiger partial charge >= 0.3 is 0 Å². The van der Waals surface area contributed by atoms with E-state index in [1.807, 2.05) is 19.1 Å². The van der Waals surface area contributed by atoms with Crippen LogP contribution in [-0.4, -0.2) is 17.6 Å². The molecule has 0 spiro atoms. The van der Waals surface area contributed by atoms with Crippen LogP contribution in [0.5, 0.6) is 5.75 Å². The van der Waals surface area contributed by atoms with Crippen molar-refractivity contribution in [3.8, 4) is 5.75 Å². The maximum absolute atomic E-state index is 5.41. The molecule has 0 saturated carbocycles. The van der Waals surface area contributed by atoms with Crippen LogP contribution in [0.15, 0.2) is 18.3 Å². The maximum Gasteiger partial charge on any atom is 0.168 e. The minimum Gasteiger partial charge on any atom is -0.490 e. The summed E-state index contributed by atoms with van der Waals surface area (Å²) in [5, 5.41) is 3.22. The van der Waals surface area contributed by atoms with E-state index in [0.29, 0.717) is 12.6 Å². The van der Waals surface area contributed by atoms with Crippen LogP contribution >= 0.6 is 0 Å². The summed E-state index contributed by atoms with van der Waals surface area (Å²) in [5.41, 5.74) is 0. The normalized spacial score (nSPS) is 10.2. The lowest BCUT2D eigenvalue weighted by Gasteiger charge is -2.12. The van der Waals surface area contributed by atoms with Crippen molar-refractivity contribution in [2.45, 2.75) is 26.8 Å². The summed E-state index contributed by atoms with van der Waals surface area (Å²) in [7, 11) is 0. The zero-order chi connectivity index (χ0) is 9.68. The second kappa shape index (κ2) is 4.70. The Labute approximate surface area is 79.1 Å². The quantitative estimate of drug-likeness (QED) is 0.772. The highest BCUT2D eigenvalue weighted by atomic mass is 16.5. The van der Waals surface area contributed by atoms with Crippen LogP contribution in [0, 0.1) is 0 Å². The van der Waals surface area contributed by atoms with E-state index in [1.165, 1.54) is 0 Å². The monoisotopic (exact) mass is 180 g/mol. The molecular formula is C10H16N2O. The van der Waals surface area contributed by atoms with E-state index in [1.54, 1.807) is 6.20 Å². The Morgan fingerprint density at radius 2 is 2.31 bits per heavy atom. The Hall–Kier alpha value is -1.25. The third-order valence-corrected chi connectivity index (χ3v) is 1.50. The smallest absolute Gasteiger partial charge is 0.168 e. The van der Waals surface area contributed by atoms with Crippen molar-refractivity contribution in [2.24, 2.45) is 0 Å². The summed E-state index contributed by atoms with van der Waals surface area (Å²) >= 11 is 0. The topological polar surface area (TPSA) is 34.1 Å². The number of anilines is 1. The molecule has 1 heterocycles. The summed E-state index contributed by atoms with van der Waals surface area (Å²) in [5.74, 6) is 1.64. The molecule has 3 heteroatoms. The van der Waals surface area contributed by atoms with Crippen molar-refractivity contribution >= 4 is 5.82 Å². The van der Waals surface area contributed by atoms with Crippen molar-refractivity contribution < 1.29 is 4.74 Å². The Morgan fingerprint density at radius 3 is 2.92 bits per heavy atom. The SMILES string of the molecule is CCOc1cccnc1NC(C)C. The lowest BCUT2D eigenvalue weighted by Crippen LogP contribution is -2.12. The number of aromatic nitrogens is 1. The van der Waals surface area contributed by atoms with Crippen LogP contribution in [0.2, 0.25) is 0 Å². The molecule has 1 N–H and O–H groups in total. The van der Waals surface area contributed by atoms with E-state index in [4.69, 9.17) is 4.74 Å². The average molecular weight is 180 g/mol. The van der Waals surface area contributed by atoms with Crippen molar-refractivity contribution in [3.63, 3.8) is 0 Å². The minimum atomic E-state index is 0.370. The highest BCUT2D eigenvalue weighted by Gasteiger charge is 2.03. The van der Waals surface area contributed by atoms with Gasteiger partial charge < -0.3 is 10.1 Å². The first-order valence-corrected chi connectivity index (χ1v) is 4.58. The molecule has 1 aromatic rings. The third kappa shape index (κ3) is 2.93. The zero-order valence-electron chi connectivity index (χ0n) is 8.37. The average Bonchev–Trinajstić information content (AvgIpc) is 2.08. The summed E-state index contributed by atoms with van der Waals surface area (Å²) in [6.45, 7) is 6.78. The van der Waals surface area contributed by atoms with Gasteiger partial charge in [-0.15, -0.1) is 0 Å². The van der Waals surface area contributed by atoms with E-state index >= 15 is 0 Å². The van der Waals surface area contributed by atoms with E-state index in [-0.39, 0.29) is 0 Å². The van der Waals surface area contributed by atoms with E-state index < -0.39 is 0 Å². The fourth-order valence-corrected chi connectivity index (χ4v) is 1.04. The molecule has 13 heavy (non-hydrogen) atoms. The number of rotatable bonds is 4. The molecule has 0 aliphatic heterocycles. The first-order valence-electron chi connectivity index (χ1n) is 4.58. The van der Waals surface area contributed by atoms with Gasteiger partial charge in [-0.1, -0.05) is 0 Å². The van der Waals surface area contributed by atoms with Crippen molar-refractivity contribution in [3.05, 3.63) is 18.3 Å². The number of nitrogens with one attached hydrogen (secondary N) is 1. The molecule has 0 saturated heterocycles. The van der Waals surface area contributed by atoms with Gasteiger partial charge in [0.25, 0.3) is 0 Å². The minimum absolute atomic E-state index is 0.370. The number of nitrogens with zero attached hydrogens (tertiary/aromatic N) is 1. The lowest BCUT2D eigenvalue weighted by atomic mass is 10.3. The second-order valence-corrected chi connectivity index (χ2v) is 3.08. The molecule has 0 radical (unpaired) electrons. The van der Waals surface area contributed by atoms with Gasteiger partial charge in [0, 0.05) is 12.2 Å². The van der Waals surface area contributed by atoms with Crippen molar-refractivity contribution in [1.29, 1.82) is 0 Å². The number of ether oxygens (including phenoxy) is 1. The molecule has 1 rings (SSSR count). The molecular weight excluding hydrogens is 164 g/mol. The molecule has 0 fully saturated rings. The largest absolute Gasteiger partial charge is 0.490 e. The molecule has 0 amide bonds. The molecule has 3 nitrogen and oxygen atoms in total. The number of hydrogen-bond acceptors (Lipinski definition) is 3. The second-order valence-electron chi connectivity index (χ2n) is 3.08. The lowest BCUT2D eigenvalue weighted by molar-refractivity contribution is 0.340. The first kappa shape index (κ1) is 9.84. The molecule has 0 aliphatic rings. The summed E-state index contributed by atoms with van der Waals surface area (Å²) in [4.78, 5) is 4.20. The summed E-state index contributed by atoms with van der Waals surface area (Å²) in [6, 6.07) is 4.16. The van der Waals surface area contributed by atoms with Crippen LogP contribution in [0.25, 0.3) is 0 Å². The van der Waals surface area contributed by atoms with Gasteiger partial charge in [0.15, 0.2) is 11.6 Å². The number of pyridine rings is 1. The van der Waals surface area contributed by atoms with E-state index in [2.05, 4.69) is 24.1 Å². The fraction of sp³-hybridized carbons (Fsp3) is 0.500. The van der Waals surface area contributed by atoms with Crippen LogP contribution in [0.4, 0.5) is 5.82 Å². The predicted octanol–water partition coefficient (Wildman–Crippen LogP) is 2.30. The summed E-state index contributed by atoms with van der Waals surface area (Å²) < 4.78 is 5.41. The highest BCUT2D eigenvalue weighted by molar-refractivity contribution is 5.49. The molecule has 0 aromatic carbocycles. The van der Waals surface area contributed by atoms with E-state index in [9.17, 15) is 0 Å². The Kier molecular flexibility index (Phi) is 3.55. The van der Waals surface area contributed by atoms with Crippen molar-refractivity contribution in [1.82, 2.24) is 4.98 Å². The first-order chi connectivity index (χ1) is 6.24. The molecule has 0 unspecified atom stereocenters. The Morgan fingerprint density at radius 1 is 1.54 bits per heavy atom. The number of hydrogen-bond donors (Lipinski definition) is 1. The molecule has 1 aromatic heterocycles. The standard InChI is InChI=1S/C10H16N2O/c1-4-13-9-6-5-7-11-10(9)12-8(2)3/h5-8H,4H2,1-3H3,(H,11,12). The van der Waals surface area contributed by atoms with Gasteiger partial charge in [0.05, 0.1) is 6.61 Å². The predicted molar refractivity (Wildman–Crippen MR) is 54.2 cm³/mol. The van der Waals surface area contributed by atoms with Crippen LogP contribution in [0.3, 0.4) is 0 Å². The maximum atomic E-state index is 5.41. The van der Waals surface area contributed by atoms with Gasteiger partial charge in [-0.2, -0.15) is 0 Å². The van der Waals surface area contributed by atoms with Gasteiger partial charge in [-0.3, -0.25) is 0 Å². The van der Waals surface area contributed by atoms with Crippen molar-refractivity contribution in [2.75, 3.05) is 11.9 Å². The molecule has 0 bridgehead atoms. The van der Waals surface area contributed by atoms with E-state index in [0.717, 1.165) is 11.6 Å². The fourth-order valence-electron chi connectivity index (χ4n) is 1.04. The molecule has 0 aliphatic carbocycles. The van der Waals surface area contributed by atoms with Crippen LogP contribution in [-0.2, 0) is 0 Å². The van der Waals surface area contributed by atoms with Crippen LogP contribution in [0.1, 0.15) is 20.8 Å². The summed E-state index contributed by atoms with van der Waals surface area (Å²) in [6.07, 6.45) is 1.76. The van der Waals surface area contributed by atoms with Gasteiger partial charge in [0.1, 0.15) is 0 Å².